The fourth-order valence-electron chi connectivity index (χ4n) is 3.02. The minimum absolute atomic E-state index is 0.334. The van der Waals surface area contributed by atoms with Crippen LogP contribution in [-0.4, -0.2) is 40.6 Å². The van der Waals surface area contributed by atoms with Crippen molar-refractivity contribution in [3.8, 4) is 11.5 Å². The number of H-pyrrole nitrogens is 1. The first-order chi connectivity index (χ1) is 12.3. The van der Waals surface area contributed by atoms with Gasteiger partial charge in [0.15, 0.2) is 11.5 Å². The fourth-order valence-corrected chi connectivity index (χ4v) is 3.02. The second kappa shape index (κ2) is 6.90. The standard InChI is InChI=1S/C18H19N5O2/c24-11-12-3-5-14(6-4-12)25-15-7-9-20-17-16(15)18(23-22-17)21-13-2-1-8-19-10-13/h3-7,9,11,13,19H,1-2,8,10H2,(H2,20,21,22,23). The summed E-state index contributed by atoms with van der Waals surface area (Å²) in [6.45, 7) is 1.98. The monoisotopic (exact) mass is 337 g/mol. The molecule has 2 aromatic heterocycles. The second-order valence-electron chi connectivity index (χ2n) is 6.08. The molecule has 25 heavy (non-hydrogen) atoms. The van der Waals surface area contributed by atoms with E-state index in [-0.39, 0.29) is 0 Å². The van der Waals surface area contributed by atoms with E-state index in [0.717, 1.165) is 43.4 Å². The van der Waals surface area contributed by atoms with Crippen LogP contribution in [0.5, 0.6) is 11.5 Å². The molecule has 0 radical (unpaired) electrons. The third-order valence-corrected chi connectivity index (χ3v) is 4.30. The lowest BCUT2D eigenvalue weighted by atomic mass is 10.1. The van der Waals surface area contributed by atoms with Crippen LogP contribution in [-0.2, 0) is 0 Å². The highest BCUT2D eigenvalue weighted by molar-refractivity contribution is 5.93. The van der Waals surface area contributed by atoms with Crippen LogP contribution in [0.2, 0.25) is 0 Å². The molecule has 0 saturated carbocycles. The lowest BCUT2D eigenvalue weighted by Gasteiger charge is -2.23. The number of nitrogens with one attached hydrogen (secondary N) is 3. The molecular formula is C18H19N5O2. The number of nitrogens with zero attached hydrogens (tertiary/aromatic N) is 2. The van der Waals surface area contributed by atoms with Crippen LogP contribution < -0.4 is 15.4 Å². The van der Waals surface area contributed by atoms with E-state index in [4.69, 9.17) is 4.74 Å². The number of pyridine rings is 1. The molecule has 7 heteroatoms. The number of hydrogen-bond acceptors (Lipinski definition) is 6. The van der Waals surface area contributed by atoms with Crippen molar-refractivity contribution in [2.24, 2.45) is 0 Å². The minimum atomic E-state index is 0.334. The average molecular weight is 337 g/mol. The Kier molecular flexibility index (Phi) is 4.30. The van der Waals surface area contributed by atoms with Gasteiger partial charge in [-0.1, -0.05) is 0 Å². The molecule has 1 aliphatic rings. The molecule has 0 amide bonds. The molecule has 3 heterocycles. The van der Waals surface area contributed by atoms with Gasteiger partial charge in [-0.3, -0.25) is 9.89 Å². The Bertz CT molecular complexity index is 869. The van der Waals surface area contributed by atoms with Gasteiger partial charge >= 0.3 is 0 Å². The number of rotatable bonds is 5. The van der Waals surface area contributed by atoms with Crippen molar-refractivity contribution in [2.45, 2.75) is 18.9 Å². The number of aromatic amines is 1. The highest BCUT2D eigenvalue weighted by Gasteiger charge is 2.18. The number of benzene rings is 1. The predicted molar refractivity (Wildman–Crippen MR) is 95.3 cm³/mol. The van der Waals surface area contributed by atoms with Crippen LogP contribution in [0, 0.1) is 0 Å². The van der Waals surface area contributed by atoms with Crippen LogP contribution in [0.15, 0.2) is 36.5 Å². The summed E-state index contributed by atoms with van der Waals surface area (Å²) in [6, 6.07) is 9.14. The maximum absolute atomic E-state index is 10.8. The Labute approximate surface area is 144 Å². The molecule has 1 fully saturated rings. The topological polar surface area (TPSA) is 91.9 Å². The molecule has 1 aromatic carbocycles. The first-order valence-electron chi connectivity index (χ1n) is 8.37. The smallest absolute Gasteiger partial charge is 0.161 e. The molecule has 1 saturated heterocycles. The summed E-state index contributed by atoms with van der Waals surface area (Å²) in [5.41, 5.74) is 1.29. The second-order valence-corrected chi connectivity index (χ2v) is 6.08. The number of fused-ring (bicyclic) bond motifs is 1. The van der Waals surface area contributed by atoms with Crippen molar-refractivity contribution in [2.75, 3.05) is 18.4 Å². The summed E-state index contributed by atoms with van der Waals surface area (Å²) in [6.07, 6.45) is 4.74. The van der Waals surface area contributed by atoms with Crippen LogP contribution in [0.25, 0.3) is 11.0 Å². The lowest BCUT2D eigenvalue weighted by Crippen LogP contribution is -2.38. The highest BCUT2D eigenvalue weighted by atomic mass is 16.5. The molecular weight excluding hydrogens is 318 g/mol. The molecule has 1 aliphatic heterocycles. The molecule has 3 N–H and O–H groups in total. The van der Waals surface area contributed by atoms with Gasteiger partial charge < -0.3 is 15.4 Å². The molecule has 7 nitrogen and oxygen atoms in total. The van der Waals surface area contributed by atoms with Crippen molar-refractivity contribution < 1.29 is 9.53 Å². The van der Waals surface area contributed by atoms with E-state index < -0.39 is 0 Å². The largest absolute Gasteiger partial charge is 0.456 e. The van der Waals surface area contributed by atoms with Crippen molar-refractivity contribution in [3.63, 3.8) is 0 Å². The minimum Gasteiger partial charge on any atom is -0.456 e. The molecule has 3 aromatic rings. The Hall–Kier alpha value is -2.93. The van der Waals surface area contributed by atoms with E-state index in [1.54, 1.807) is 30.5 Å². The van der Waals surface area contributed by atoms with E-state index >= 15 is 0 Å². The molecule has 128 valence electrons. The number of carbonyl (C=O) groups excluding carboxylic acids is 1. The zero-order valence-electron chi connectivity index (χ0n) is 13.7. The van der Waals surface area contributed by atoms with E-state index in [9.17, 15) is 4.79 Å². The number of carbonyl (C=O) groups is 1. The lowest BCUT2D eigenvalue weighted by molar-refractivity contribution is 0.112. The summed E-state index contributed by atoms with van der Waals surface area (Å²) in [4.78, 5) is 15.1. The first-order valence-corrected chi connectivity index (χ1v) is 8.37. The van der Waals surface area contributed by atoms with Gasteiger partial charge in [0.1, 0.15) is 23.2 Å². The number of hydrogen-bond donors (Lipinski definition) is 3. The van der Waals surface area contributed by atoms with Crippen LogP contribution in [0.1, 0.15) is 23.2 Å². The predicted octanol–water partition coefficient (Wildman–Crippen LogP) is 2.73. The van der Waals surface area contributed by atoms with E-state index in [0.29, 0.717) is 28.8 Å². The van der Waals surface area contributed by atoms with Gasteiger partial charge in [0.05, 0.1) is 0 Å². The van der Waals surface area contributed by atoms with E-state index in [1.165, 1.54) is 0 Å². The zero-order chi connectivity index (χ0) is 17.1. The summed E-state index contributed by atoms with van der Waals surface area (Å²) < 4.78 is 6.01. The third-order valence-electron chi connectivity index (χ3n) is 4.30. The number of ether oxygens (including phenoxy) is 1. The van der Waals surface area contributed by atoms with Gasteiger partial charge in [0.2, 0.25) is 0 Å². The Morgan fingerprint density at radius 3 is 2.88 bits per heavy atom. The van der Waals surface area contributed by atoms with Gasteiger partial charge in [-0.25, -0.2) is 4.98 Å². The van der Waals surface area contributed by atoms with Crippen molar-refractivity contribution in [1.82, 2.24) is 20.5 Å². The normalized spacial score (nSPS) is 17.4. The maximum Gasteiger partial charge on any atom is 0.161 e. The number of aromatic nitrogens is 3. The van der Waals surface area contributed by atoms with E-state index in [1.807, 2.05) is 6.07 Å². The highest BCUT2D eigenvalue weighted by Crippen LogP contribution is 2.33. The van der Waals surface area contributed by atoms with Crippen LogP contribution >= 0.6 is 0 Å². The first kappa shape index (κ1) is 15.6. The maximum atomic E-state index is 10.8. The third kappa shape index (κ3) is 3.32. The quantitative estimate of drug-likeness (QED) is 0.620. The summed E-state index contributed by atoms with van der Waals surface area (Å²) in [7, 11) is 0. The summed E-state index contributed by atoms with van der Waals surface area (Å²) in [5, 5.41) is 15.0. The van der Waals surface area contributed by atoms with Gasteiger partial charge in [0, 0.05) is 30.4 Å². The fraction of sp³-hybridized carbons (Fsp3) is 0.278. The van der Waals surface area contributed by atoms with Crippen LogP contribution in [0.3, 0.4) is 0 Å². The van der Waals surface area contributed by atoms with Gasteiger partial charge in [-0.05, 0) is 43.7 Å². The SMILES string of the molecule is O=Cc1ccc(Oc2ccnc3[nH]nc(NC4CCCNC4)c23)cc1. The molecule has 4 rings (SSSR count). The number of piperidine rings is 1. The summed E-state index contributed by atoms with van der Waals surface area (Å²) >= 11 is 0. The average Bonchev–Trinajstić information content (AvgIpc) is 3.07. The molecule has 1 unspecified atom stereocenters. The molecule has 0 spiro atoms. The Morgan fingerprint density at radius 1 is 1.24 bits per heavy atom. The number of aldehydes is 1. The van der Waals surface area contributed by atoms with Gasteiger partial charge in [-0.2, -0.15) is 5.10 Å². The Morgan fingerprint density at radius 2 is 2.12 bits per heavy atom. The van der Waals surface area contributed by atoms with Crippen molar-refractivity contribution >= 4 is 23.1 Å². The summed E-state index contributed by atoms with van der Waals surface area (Å²) in [5.74, 6) is 2.07. The zero-order valence-corrected chi connectivity index (χ0v) is 13.7. The van der Waals surface area contributed by atoms with Crippen LogP contribution in [0.4, 0.5) is 5.82 Å². The van der Waals surface area contributed by atoms with Crippen molar-refractivity contribution in [3.05, 3.63) is 42.1 Å². The number of anilines is 1. The Balaban J connectivity index is 1.63. The molecule has 1 atom stereocenters. The van der Waals surface area contributed by atoms with E-state index in [2.05, 4.69) is 25.8 Å². The van der Waals surface area contributed by atoms with Crippen molar-refractivity contribution in [1.29, 1.82) is 0 Å². The molecule has 0 aliphatic carbocycles. The van der Waals surface area contributed by atoms with Gasteiger partial charge in [0.25, 0.3) is 0 Å². The van der Waals surface area contributed by atoms with Gasteiger partial charge in [-0.15, -0.1) is 0 Å². The molecule has 0 bridgehead atoms.